The second-order valence-corrected chi connectivity index (χ2v) is 4.80. The van der Waals surface area contributed by atoms with Crippen LogP contribution in [-0.2, 0) is 16.0 Å². The lowest BCUT2D eigenvalue weighted by Crippen LogP contribution is -2.63. The van der Waals surface area contributed by atoms with Gasteiger partial charge >= 0.3 is 0 Å². The zero-order valence-corrected chi connectivity index (χ0v) is 11.4. The largest absolute Gasteiger partial charge is 0.343 e. The highest BCUT2D eigenvalue weighted by molar-refractivity contribution is 5.97. The second kappa shape index (κ2) is 5.87. The molecule has 2 atom stereocenters. The molecule has 0 saturated carbocycles. The van der Waals surface area contributed by atoms with Crippen molar-refractivity contribution in [2.45, 2.75) is 38.8 Å². The quantitative estimate of drug-likeness (QED) is 0.888. The minimum absolute atomic E-state index is 0.0329. The maximum absolute atomic E-state index is 12.2. The molecule has 4 nitrogen and oxygen atoms in total. The fourth-order valence-electron chi connectivity index (χ4n) is 2.52. The Hall–Kier alpha value is -1.84. The van der Waals surface area contributed by atoms with Crippen molar-refractivity contribution < 1.29 is 9.59 Å². The molecule has 1 aliphatic heterocycles. The first-order valence-electron chi connectivity index (χ1n) is 6.82. The number of carbonyl (C=O) groups is 2. The van der Waals surface area contributed by atoms with Crippen molar-refractivity contribution in [2.24, 2.45) is 0 Å². The van der Waals surface area contributed by atoms with Crippen LogP contribution >= 0.6 is 0 Å². The van der Waals surface area contributed by atoms with E-state index in [1.54, 1.807) is 4.90 Å². The van der Waals surface area contributed by atoms with E-state index in [-0.39, 0.29) is 23.9 Å². The van der Waals surface area contributed by atoms with E-state index in [1.165, 1.54) is 0 Å². The van der Waals surface area contributed by atoms with Crippen molar-refractivity contribution in [1.29, 1.82) is 0 Å². The fourth-order valence-corrected chi connectivity index (χ4v) is 2.52. The van der Waals surface area contributed by atoms with Crippen molar-refractivity contribution in [2.75, 3.05) is 6.54 Å². The molecule has 1 saturated heterocycles. The van der Waals surface area contributed by atoms with E-state index < -0.39 is 0 Å². The summed E-state index contributed by atoms with van der Waals surface area (Å²) in [4.78, 5) is 26.1. The average molecular weight is 260 g/mol. The van der Waals surface area contributed by atoms with Gasteiger partial charge in [0.15, 0.2) is 0 Å². The van der Waals surface area contributed by atoms with Gasteiger partial charge in [-0.2, -0.15) is 0 Å². The van der Waals surface area contributed by atoms with Crippen LogP contribution in [-0.4, -0.2) is 35.3 Å². The molecule has 0 radical (unpaired) electrons. The summed E-state index contributed by atoms with van der Waals surface area (Å²) < 4.78 is 0. The molecule has 1 heterocycles. The van der Waals surface area contributed by atoms with Crippen molar-refractivity contribution >= 4 is 11.8 Å². The lowest BCUT2D eigenvalue weighted by atomic mass is 9.99. The third-order valence-electron chi connectivity index (χ3n) is 3.60. The molecule has 0 spiro atoms. The predicted octanol–water partition coefficient (Wildman–Crippen LogP) is 1.35. The topological polar surface area (TPSA) is 49.4 Å². The standard InChI is InChI=1S/C15H20N2O2/c1-3-12-15(19)17(4-2)13(14(18)16-12)10-11-8-6-5-7-9-11/h5-9,12-13H,3-4,10H2,1-2H3,(H,16,18). The van der Waals surface area contributed by atoms with E-state index >= 15 is 0 Å². The highest BCUT2D eigenvalue weighted by Crippen LogP contribution is 2.16. The van der Waals surface area contributed by atoms with Crippen molar-refractivity contribution in [3.05, 3.63) is 35.9 Å². The summed E-state index contributed by atoms with van der Waals surface area (Å²) in [5.41, 5.74) is 1.07. The Morgan fingerprint density at radius 1 is 1.16 bits per heavy atom. The van der Waals surface area contributed by atoms with E-state index in [4.69, 9.17) is 0 Å². The normalized spacial score (nSPS) is 23.4. The zero-order valence-electron chi connectivity index (χ0n) is 11.4. The van der Waals surface area contributed by atoms with Crippen molar-refractivity contribution in [3.8, 4) is 0 Å². The third-order valence-corrected chi connectivity index (χ3v) is 3.60. The van der Waals surface area contributed by atoms with Crippen LogP contribution < -0.4 is 5.32 Å². The number of hydrogen-bond donors (Lipinski definition) is 1. The monoisotopic (exact) mass is 260 g/mol. The summed E-state index contributed by atoms with van der Waals surface area (Å²) in [5.74, 6) is -0.0114. The number of piperazine rings is 1. The van der Waals surface area contributed by atoms with E-state index in [1.807, 2.05) is 44.2 Å². The van der Waals surface area contributed by atoms with Gasteiger partial charge in [0.05, 0.1) is 0 Å². The minimum atomic E-state index is -0.386. The van der Waals surface area contributed by atoms with Gasteiger partial charge in [-0.15, -0.1) is 0 Å². The van der Waals surface area contributed by atoms with Crippen LogP contribution in [0, 0.1) is 0 Å². The Morgan fingerprint density at radius 2 is 1.84 bits per heavy atom. The van der Waals surface area contributed by atoms with Gasteiger partial charge < -0.3 is 10.2 Å². The first-order valence-corrected chi connectivity index (χ1v) is 6.82. The Bertz CT molecular complexity index is 458. The molecule has 4 heteroatoms. The summed E-state index contributed by atoms with van der Waals surface area (Å²) in [6.45, 7) is 4.40. The van der Waals surface area contributed by atoms with Crippen LogP contribution in [0.2, 0.25) is 0 Å². The lowest BCUT2D eigenvalue weighted by molar-refractivity contribution is -0.149. The Kier molecular flexibility index (Phi) is 4.20. The van der Waals surface area contributed by atoms with E-state index in [0.717, 1.165) is 5.56 Å². The molecule has 1 aromatic carbocycles. The molecule has 2 unspecified atom stereocenters. The van der Waals surface area contributed by atoms with Crippen LogP contribution in [0.4, 0.5) is 0 Å². The molecule has 0 bridgehead atoms. The number of amides is 2. The van der Waals surface area contributed by atoms with E-state index in [9.17, 15) is 9.59 Å². The van der Waals surface area contributed by atoms with Crippen LogP contribution in [0.1, 0.15) is 25.8 Å². The molecule has 1 fully saturated rings. The number of nitrogens with zero attached hydrogens (tertiary/aromatic N) is 1. The lowest BCUT2D eigenvalue weighted by Gasteiger charge is -2.38. The summed E-state index contributed by atoms with van der Waals surface area (Å²) in [5, 5.41) is 2.82. The highest BCUT2D eigenvalue weighted by Gasteiger charge is 2.38. The Labute approximate surface area is 113 Å². The predicted molar refractivity (Wildman–Crippen MR) is 73.5 cm³/mol. The van der Waals surface area contributed by atoms with Crippen LogP contribution in [0.5, 0.6) is 0 Å². The number of rotatable bonds is 4. The molecule has 2 rings (SSSR count). The van der Waals surface area contributed by atoms with Gasteiger partial charge in [-0.25, -0.2) is 0 Å². The molecule has 102 valence electrons. The Balaban J connectivity index is 2.18. The zero-order chi connectivity index (χ0) is 13.8. The summed E-state index contributed by atoms with van der Waals surface area (Å²) in [7, 11) is 0. The first-order chi connectivity index (χ1) is 9.17. The van der Waals surface area contributed by atoms with Gasteiger partial charge in [-0.1, -0.05) is 37.3 Å². The number of likely N-dealkylation sites (N-methyl/N-ethyl adjacent to an activating group) is 1. The number of carbonyl (C=O) groups excluding carboxylic acids is 2. The second-order valence-electron chi connectivity index (χ2n) is 4.80. The summed E-state index contributed by atoms with van der Waals surface area (Å²) in [6.07, 6.45) is 1.21. The van der Waals surface area contributed by atoms with Gasteiger partial charge in [-0.3, -0.25) is 9.59 Å². The van der Waals surface area contributed by atoms with Crippen LogP contribution in [0.3, 0.4) is 0 Å². The molecular formula is C15H20N2O2. The smallest absolute Gasteiger partial charge is 0.245 e. The third kappa shape index (κ3) is 2.78. The maximum atomic E-state index is 12.2. The fraction of sp³-hybridized carbons (Fsp3) is 0.467. The molecule has 19 heavy (non-hydrogen) atoms. The van der Waals surface area contributed by atoms with Gasteiger partial charge in [0.25, 0.3) is 0 Å². The number of nitrogens with one attached hydrogen (secondary N) is 1. The van der Waals surface area contributed by atoms with Gasteiger partial charge in [0.2, 0.25) is 11.8 Å². The first kappa shape index (κ1) is 13.6. The van der Waals surface area contributed by atoms with Gasteiger partial charge in [0, 0.05) is 13.0 Å². The van der Waals surface area contributed by atoms with Crippen LogP contribution in [0.15, 0.2) is 30.3 Å². The van der Waals surface area contributed by atoms with Gasteiger partial charge in [-0.05, 0) is 18.9 Å². The minimum Gasteiger partial charge on any atom is -0.343 e. The molecule has 0 aliphatic carbocycles. The van der Waals surface area contributed by atoms with E-state index in [0.29, 0.717) is 19.4 Å². The molecule has 1 aromatic rings. The van der Waals surface area contributed by atoms with Crippen molar-refractivity contribution in [1.82, 2.24) is 10.2 Å². The molecule has 1 N–H and O–H groups in total. The molecule has 2 amide bonds. The van der Waals surface area contributed by atoms with E-state index in [2.05, 4.69) is 5.32 Å². The SMILES string of the molecule is CCC1NC(=O)C(Cc2ccccc2)N(CC)C1=O. The average Bonchev–Trinajstić information content (AvgIpc) is 2.44. The summed E-state index contributed by atoms with van der Waals surface area (Å²) in [6, 6.07) is 9.06. The molecular weight excluding hydrogens is 240 g/mol. The van der Waals surface area contributed by atoms with Crippen molar-refractivity contribution in [3.63, 3.8) is 0 Å². The summed E-state index contributed by atoms with van der Waals surface area (Å²) >= 11 is 0. The van der Waals surface area contributed by atoms with Crippen LogP contribution in [0.25, 0.3) is 0 Å². The number of benzene rings is 1. The van der Waals surface area contributed by atoms with Gasteiger partial charge in [0.1, 0.15) is 12.1 Å². The highest BCUT2D eigenvalue weighted by atomic mass is 16.2. The Morgan fingerprint density at radius 3 is 2.42 bits per heavy atom. The molecule has 0 aromatic heterocycles. The molecule has 1 aliphatic rings. The maximum Gasteiger partial charge on any atom is 0.245 e. The number of hydrogen-bond acceptors (Lipinski definition) is 2.